The fourth-order valence-electron chi connectivity index (χ4n) is 1.60. The number of rotatable bonds is 5. The monoisotopic (exact) mass is 414 g/mol. The zero-order chi connectivity index (χ0) is 14.9. The first-order valence-corrected chi connectivity index (χ1v) is 10.0. The molecular weight excluding hydrogens is 404 g/mol. The van der Waals surface area contributed by atoms with E-state index in [-0.39, 0.29) is 11.4 Å². The summed E-state index contributed by atoms with van der Waals surface area (Å²) in [5.74, 6) is 0.299. The maximum atomic E-state index is 12.5. The summed E-state index contributed by atoms with van der Waals surface area (Å²) in [6.07, 6.45) is 0. The molecule has 0 aliphatic heterocycles. The zero-order valence-corrected chi connectivity index (χ0v) is 15.6. The highest BCUT2D eigenvalue weighted by atomic mass is 79.9. The first kappa shape index (κ1) is 16.4. The van der Waals surface area contributed by atoms with Crippen LogP contribution in [0.3, 0.4) is 0 Å². The molecule has 0 aliphatic rings. The molecule has 0 radical (unpaired) electrons. The van der Waals surface area contributed by atoms with E-state index in [4.69, 9.17) is 11.6 Å². The van der Waals surface area contributed by atoms with E-state index in [1.165, 1.54) is 27.0 Å². The zero-order valence-electron chi connectivity index (χ0n) is 10.8. The average molecular weight is 416 g/mol. The van der Waals surface area contributed by atoms with E-state index >= 15 is 0 Å². The van der Waals surface area contributed by atoms with Gasteiger partial charge in [0.1, 0.15) is 4.90 Å². The Morgan fingerprint density at radius 3 is 2.70 bits per heavy atom. The molecule has 110 valence electrons. The van der Waals surface area contributed by atoms with Crippen LogP contribution in [0.15, 0.2) is 20.1 Å². The van der Waals surface area contributed by atoms with Gasteiger partial charge in [-0.15, -0.1) is 34.3 Å². The van der Waals surface area contributed by atoms with Gasteiger partial charge in [0.2, 0.25) is 10.0 Å². The summed E-state index contributed by atoms with van der Waals surface area (Å²) in [5.41, 5.74) is 0.752. The smallest absolute Gasteiger partial charge is 0.245 e. The van der Waals surface area contributed by atoms with E-state index in [1.807, 2.05) is 12.3 Å². The molecule has 0 atom stereocenters. The van der Waals surface area contributed by atoms with Crippen molar-refractivity contribution in [2.24, 2.45) is 0 Å². The van der Waals surface area contributed by atoms with Crippen LogP contribution in [0.5, 0.6) is 0 Å². The molecule has 0 aromatic carbocycles. The second kappa shape index (κ2) is 6.41. The molecule has 2 aromatic rings. The molecule has 2 rings (SSSR count). The Bertz CT molecular complexity index is 711. The number of halogens is 2. The van der Waals surface area contributed by atoms with E-state index < -0.39 is 10.0 Å². The van der Waals surface area contributed by atoms with Crippen LogP contribution in [0.25, 0.3) is 0 Å². The standard InChI is InChI=1S/C11H12BrClN2O2S3/c1-7-14-8(6-18-7)5-15(2)20(16,17)10-3-9(4-13)19-11(10)12/h3,6H,4-5H2,1-2H3. The van der Waals surface area contributed by atoms with Crippen LogP contribution in [-0.2, 0) is 22.4 Å². The molecule has 2 heterocycles. The van der Waals surface area contributed by atoms with Crippen LogP contribution in [0.2, 0.25) is 0 Å². The molecule has 20 heavy (non-hydrogen) atoms. The van der Waals surface area contributed by atoms with Crippen molar-refractivity contribution in [3.05, 3.63) is 30.8 Å². The first-order valence-electron chi connectivity index (χ1n) is 5.56. The third kappa shape index (κ3) is 3.42. The molecular formula is C11H12BrClN2O2S3. The topological polar surface area (TPSA) is 50.3 Å². The second-order valence-electron chi connectivity index (χ2n) is 4.10. The number of aromatic nitrogens is 1. The molecule has 0 N–H and O–H groups in total. The fourth-order valence-corrected chi connectivity index (χ4v) is 6.07. The van der Waals surface area contributed by atoms with Crippen LogP contribution < -0.4 is 0 Å². The molecule has 0 aliphatic carbocycles. The number of sulfonamides is 1. The van der Waals surface area contributed by atoms with Gasteiger partial charge in [0.15, 0.2) is 0 Å². The summed E-state index contributed by atoms with van der Waals surface area (Å²) in [6, 6.07) is 1.61. The van der Waals surface area contributed by atoms with Crippen molar-refractivity contribution in [2.45, 2.75) is 24.2 Å². The number of thiophene rings is 1. The van der Waals surface area contributed by atoms with Gasteiger partial charge in [0.25, 0.3) is 0 Å². The van der Waals surface area contributed by atoms with Crippen molar-refractivity contribution in [3.63, 3.8) is 0 Å². The number of hydrogen-bond donors (Lipinski definition) is 0. The van der Waals surface area contributed by atoms with Crippen LogP contribution in [0.4, 0.5) is 0 Å². The summed E-state index contributed by atoms with van der Waals surface area (Å²) in [6.45, 7) is 2.15. The third-order valence-electron chi connectivity index (χ3n) is 2.58. The highest BCUT2D eigenvalue weighted by Crippen LogP contribution is 2.34. The van der Waals surface area contributed by atoms with Gasteiger partial charge in [-0.2, -0.15) is 4.31 Å². The van der Waals surface area contributed by atoms with Gasteiger partial charge in [-0.3, -0.25) is 0 Å². The summed E-state index contributed by atoms with van der Waals surface area (Å²) >= 11 is 11.9. The Labute approximate surface area is 139 Å². The first-order chi connectivity index (χ1) is 9.34. The minimum atomic E-state index is -3.54. The maximum absolute atomic E-state index is 12.5. The highest BCUT2D eigenvalue weighted by Gasteiger charge is 2.26. The quantitative estimate of drug-likeness (QED) is 0.697. The molecule has 0 saturated heterocycles. The van der Waals surface area contributed by atoms with Crippen LogP contribution in [0, 0.1) is 6.92 Å². The summed E-state index contributed by atoms with van der Waals surface area (Å²) in [5, 5.41) is 2.79. The van der Waals surface area contributed by atoms with Crippen molar-refractivity contribution in [1.29, 1.82) is 0 Å². The van der Waals surface area contributed by atoms with Crippen molar-refractivity contribution in [3.8, 4) is 0 Å². The Morgan fingerprint density at radius 2 is 2.20 bits per heavy atom. The lowest BCUT2D eigenvalue weighted by molar-refractivity contribution is 0.462. The lowest BCUT2D eigenvalue weighted by Crippen LogP contribution is -2.26. The molecule has 0 fully saturated rings. The van der Waals surface area contributed by atoms with Gasteiger partial charge in [0.05, 0.1) is 26.9 Å². The van der Waals surface area contributed by atoms with E-state index in [0.717, 1.165) is 15.6 Å². The van der Waals surface area contributed by atoms with Crippen LogP contribution in [0.1, 0.15) is 15.6 Å². The van der Waals surface area contributed by atoms with Gasteiger partial charge < -0.3 is 0 Å². The molecule has 2 aromatic heterocycles. The van der Waals surface area contributed by atoms with E-state index in [1.54, 1.807) is 13.1 Å². The van der Waals surface area contributed by atoms with Gasteiger partial charge in [0, 0.05) is 17.3 Å². The highest BCUT2D eigenvalue weighted by molar-refractivity contribution is 9.11. The average Bonchev–Trinajstić information content (AvgIpc) is 2.95. The largest absolute Gasteiger partial charge is 0.245 e. The number of thiazole rings is 1. The lowest BCUT2D eigenvalue weighted by atomic mass is 10.5. The molecule has 9 heteroatoms. The Hall–Kier alpha value is 0.01000. The molecule has 0 amide bonds. The molecule has 0 bridgehead atoms. The van der Waals surface area contributed by atoms with Crippen LogP contribution in [-0.4, -0.2) is 24.8 Å². The van der Waals surface area contributed by atoms with Gasteiger partial charge in [-0.1, -0.05) is 0 Å². The van der Waals surface area contributed by atoms with E-state index in [0.29, 0.717) is 9.67 Å². The minimum Gasteiger partial charge on any atom is -0.245 e. The Kier molecular flexibility index (Phi) is 5.25. The van der Waals surface area contributed by atoms with Crippen molar-refractivity contribution in [2.75, 3.05) is 7.05 Å². The third-order valence-corrected chi connectivity index (χ3v) is 7.90. The van der Waals surface area contributed by atoms with E-state index in [2.05, 4.69) is 20.9 Å². The number of alkyl halides is 1. The summed E-state index contributed by atoms with van der Waals surface area (Å²) in [4.78, 5) is 5.36. The lowest BCUT2D eigenvalue weighted by Gasteiger charge is -2.15. The van der Waals surface area contributed by atoms with Crippen LogP contribution >= 0.6 is 50.2 Å². The Morgan fingerprint density at radius 1 is 1.50 bits per heavy atom. The van der Waals surface area contributed by atoms with Crippen molar-refractivity contribution < 1.29 is 8.42 Å². The predicted octanol–water partition coefficient (Wildman–Crippen LogP) is 3.84. The molecule has 0 unspecified atom stereocenters. The fraction of sp³-hybridized carbons (Fsp3) is 0.364. The number of aryl methyl sites for hydroxylation is 1. The van der Waals surface area contributed by atoms with E-state index in [9.17, 15) is 8.42 Å². The summed E-state index contributed by atoms with van der Waals surface area (Å²) in [7, 11) is -1.99. The second-order valence-corrected chi connectivity index (χ2v) is 9.90. The van der Waals surface area contributed by atoms with Gasteiger partial charge in [-0.05, 0) is 28.9 Å². The van der Waals surface area contributed by atoms with Gasteiger partial charge >= 0.3 is 0 Å². The Balaban J connectivity index is 2.26. The van der Waals surface area contributed by atoms with Crippen molar-refractivity contribution in [1.82, 2.24) is 9.29 Å². The molecule has 0 saturated carbocycles. The minimum absolute atomic E-state index is 0.255. The number of hydrogen-bond acceptors (Lipinski definition) is 5. The summed E-state index contributed by atoms with van der Waals surface area (Å²) < 4.78 is 26.9. The maximum Gasteiger partial charge on any atom is 0.245 e. The van der Waals surface area contributed by atoms with Gasteiger partial charge in [-0.25, -0.2) is 13.4 Å². The van der Waals surface area contributed by atoms with Crippen molar-refractivity contribution >= 4 is 60.2 Å². The number of nitrogens with zero attached hydrogens (tertiary/aromatic N) is 2. The normalized spacial score (nSPS) is 12.2. The molecule has 4 nitrogen and oxygen atoms in total. The SMILES string of the molecule is Cc1nc(CN(C)S(=O)(=O)c2cc(CCl)sc2Br)cs1. The predicted molar refractivity (Wildman–Crippen MR) is 87.1 cm³/mol. The molecule has 0 spiro atoms.